The Balaban J connectivity index is 1.79. The van der Waals surface area contributed by atoms with Gasteiger partial charge in [-0.25, -0.2) is 5.43 Å². The van der Waals surface area contributed by atoms with Gasteiger partial charge in [0.1, 0.15) is 10.8 Å². The molecule has 116 valence electrons. The Kier molecular flexibility index (Phi) is 5.78. The first-order valence-electron chi connectivity index (χ1n) is 6.65. The fourth-order valence-corrected chi connectivity index (χ4v) is 2.25. The number of amides is 2. The highest BCUT2D eigenvalue weighted by Gasteiger charge is 2.10. The van der Waals surface area contributed by atoms with Gasteiger partial charge >= 0.3 is 0 Å². The number of aromatic nitrogens is 2. The number of hydrogen-bond donors (Lipinski definition) is 2. The maximum absolute atomic E-state index is 11.7. The van der Waals surface area contributed by atoms with E-state index in [9.17, 15) is 9.59 Å². The molecule has 2 aromatic heterocycles. The van der Waals surface area contributed by atoms with Gasteiger partial charge in [-0.3, -0.25) is 9.59 Å². The van der Waals surface area contributed by atoms with E-state index in [1.54, 1.807) is 12.1 Å². The Morgan fingerprint density at radius 3 is 3.00 bits per heavy atom. The van der Waals surface area contributed by atoms with Crippen molar-refractivity contribution in [1.29, 1.82) is 0 Å². The van der Waals surface area contributed by atoms with E-state index >= 15 is 0 Å². The molecule has 0 saturated heterocycles. The van der Waals surface area contributed by atoms with Crippen LogP contribution in [0, 0.1) is 0 Å². The lowest BCUT2D eigenvalue weighted by Gasteiger charge is -1.97. The van der Waals surface area contributed by atoms with E-state index in [1.165, 1.54) is 12.5 Å². The van der Waals surface area contributed by atoms with Gasteiger partial charge in [-0.15, -0.1) is 10.2 Å². The first kappa shape index (κ1) is 15.8. The summed E-state index contributed by atoms with van der Waals surface area (Å²) < 4.78 is 5.03. The van der Waals surface area contributed by atoms with E-state index in [2.05, 4.69) is 26.0 Å². The minimum absolute atomic E-state index is 0.0385. The standard InChI is InChI=1S/C13H15N5O3S/c1-2-4-10(19)15-13-18-17-12(22-13)7-11(20)16-14-8-9-5-3-6-21-9/h3,5-6,8H,2,4,7H2,1H3,(H,16,20)(H,15,18,19)/b14-8-. The molecule has 0 aliphatic rings. The molecule has 0 unspecified atom stereocenters. The van der Waals surface area contributed by atoms with E-state index in [1.807, 2.05) is 6.92 Å². The van der Waals surface area contributed by atoms with Crippen molar-refractivity contribution >= 4 is 34.5 Å². The average molecular weight is 321 g/mol. The van der Waals surface area contributed by atoms with Crippen molar-refractivity contribution in [1.82, 2.24) is 15.6 Å². The van der Waals surface area contributed by atoms with Gasteiger partial charge in [-0.1, -0.05) is 18.3 Å². The van der Waals surface area contributed by atoms with Crippen LogP contribution in [0.5, 0.6) is 0 Å². The maximum atomic E-state index is 11.7. The van der Waals surface area contributed by atoms with Crippen molar-refractivity contribution in [3.05, 3.63) is 29.2 Å². The van der Waals surface area contributed by atoms with Crippen molar-refractivity contribution in [2.24, 2.45) is 5.10 Å². The van der Waals surface area contributed by atoms with Gasteiger partial charge in [-0.05, 0) is 18.6 Å². The molecule has 0 radical (unpaired) electrons. The molecule has 0 spiro atoms. The first-order chi connectivity index (χ1) is 10.7. The Morgan fingerprint density at radius 1 is 1.41 bits per heavy atom. The summed E-state index contributed by atoms with van der Waals surface area (Å²) in [7, 11) is 0. The molecule has 0 aromatic carbocycles. The third kappa shape index (κ3) is 5.09. The van der Waals surface area contributed by atoms with Crippen LogP contribution in [-0.4, -0.2) is 28.2 Å². The van der Waals surface area contributed by atoms with Crippen LogP contribution in [0.15, 0.2) is 27.9 Å². The second-order valence-electron chi connectivity index (χ2n) is 4.28. The van der Waals surface area contributed by atoms with Crippen LogP contribution in [0.3, 0.4) is 0 Å². The molecule has 22 heavy (non-hydrogen) atoms. The number of hydrogen-bond acceptors (Lipinski definition) is 7. The van der Waals surface area contributed by atoms with E-state index in [0.717, 1.165) is 17.8 Å². The lowest BCUT2D eigenvalue weighted by molar-refractivity contribution is -0.120. The third-order valence-corrected chi connectivity index (χ3v) is 3.26. The lowest BCUT2D eigenvalue weighted by atomic mass is 10.3. The molecule has 2 N–H and O–H groups in total. The van der Waals surface area contributed by atoms with Gasteiger partial charge < -0.3 is 9.73 Å². The smallest absolute Gasteiger partial charge is 0.247 e. The lowest BCUT2D eigenvalue weighted by Crippen LogP contribution is -2.19. The summed E-state index contributed by atoms with van der Waals surface area (Å²) in [6.07, 6.45) is 4.13. The minimum atomic E-state index is -0.328. The van der Waals surface area contributed by atoms with E-state index in [-0.39, 0.29) is 18.2 Å². The molecule has 2 aromatic rings. The minimum Gasteiger partial charge on any atom is -0.463 e. The molecule has 8 nitrogen and oxygen atoms in total. The zero-order valence-corrected chi connectivity index (χ0v) is 12.7. The summed E-state index contributed by atoms with van der Waals surface area (Å²) in [6, 6.07) is 3.43. The topological polar surface area (TPSA) is 109 Å². The number of anilines is 1. The Labute approximate surface area is 130 Å². The van der Waals surface area contributed by atoms with Crippen molar-refractivity contribution in [3.8, 4) is 0 Å². The number of furan rings is 1. The van der Waals surface area contributed by atoms with E-state index < -0.39 is 0 Å². The number of carbonyl (C=O) groups is 2. The molecule has 2 heterocycles. The zero-order chi connectivity index (χ0) is 15.8. The monoisotopic (exact) mass is 321 g/mol. The summed E-state index contributed by atoms with van der Waals surface area (Å²) in [6.45, 7) is 1.92. The number of nitrogens with one attached hydrogen (secondary N) is 2. The van der Waals surface area contributed by atoms with Gasteiger partial charge in [-0.2, -0.15) is 5.10 Å². The van der Waals surface area contributed by atoms with E-state index in [0.29, 0.717) is 22.3 Å². The molecule has 0 aliphatic carbocycles. The normalized spacial score (nSPS) is 10.8. The highest BCUT2D eigenvalue weighted by Crippen LogP contribution is 2.15. The number of nitrogens with zero attached hydrogens (tertiary/aromatic N) is 3. The van der Waals surface area contributed by atoms with Crippen LogP contribution in [-0.2, 0) is 16.0 Å². The SMILES string of the molecule is CCCC(=O)Nc1nnc(CC(=O)N/N=C\c2ccco2)s1. The average Bonchev–Trinajstić information content (AvgIpc) is 3.11. The molecule has 0 aliphatic heterocycles. The number of hydrazone groups is 1. The second-order valence-corrected chi connectivity index (χ2v) is 5.35. The fraction of sp³-hybridized carbons (Fsp3) is 0.308. The summed E-state index contributed by atoms with van der Waals surface area (Å²) in [5.74, 6) is 0.0974. The fourth-order valence-electron chi connectivity index (χ4n) is 1.49. The molecular weight excluding hydrogens is 306 g/mol. The summed E-state index contributed by atoms with van der Waals surface area (Å²) >= 11 is 1.16. The van der Waals surface area contributed by atoms with Crippen LogP contribution in [0.25, 0.3) is 0 Å². The maximum Gasteiger partial charge on any atom is 0.247 e. The first-order valence-corrected chi connectivity index (χ1v) is 7.46. The Bertz CT molecular complexity index is 650. The molecule has 0 saturated carbocycles. The van der Waals surface area contributed by atoms with Crippen LogP contribution >= 0.6 is 11.3 Å². The zero-order valence-electron chi connectivity index (χ0n) is 11.9. The molecule has 9 heteroatoms. The Hall–Kier alpha value is -2.55. The largest absolute Gasteiger partial charge is 0.463 e. The molecule has 2 rings (SSSR count). The third-order valence-electron chi connectivity index (χ3n) is 2.43. The highest BCUT2D eigenvalue weighted by atomic mass is 32.1. The van der Waals surface area contributed by atoms with Gasteiger partial charge in [0, 0.05) is 6.42 Å². The van der Waals surface area contributed by atoms with Gasteiger partial charge in [0.15, 0.2) is 0 Å². The number of rotatable bonds is 7. The molecule has 0 fully saturated rings. The van der Waals surface area contributed by atoms with Crippen molar-refractivity contribution in [3.63, 3.8) is 0 Å². The van der Waals surface area contributed by atoms with Crippen molar-refractivity contribution < 1.29 is 14.0 Å². The summed E-state index contributed by atoms with van der Waals surface area (Å²) in [4.78, 5) is 23.1. The van der Waals surface area contributed by atoms with Crippen LogP contribution in [0.2, 0.25) is 0 Å². The predicted octanol–water partition coefficient (Wildman–Crippen LogP) is 1.56. The quantitative estimate of drug-likeness (QED) is 0.594. The predicted molar refractivity (Wildman–Crippen MR) is 81.6 cm³/mol. The van der Waals surface area contributed by atoms with Gasteiger partial charge in [0.2, 0.25) is 16.9 Å². The van der Waals surface area contributed by atoms with Crippen molar-refractivity contribution in [2.75, 3.05) is 5.32 Å². The van der Waals surface area contributed by atoms with Gasteiger partial charge in [0.05, 0.1) is 18.9 Å². The van der Waals surface area contributed by atoms with Gasteiger partial charge in [0.25, 0.3) is 0 Å². The van der Waals surface area contributed by atoms with E-state index in [4.69, 9.17) is 4.42 Å². The number of carbonyl (C=O) groups excluding carboxylic acids is 2. The Morgan fingerprint density at radius 2 is 2.27 bits per heavy atom. The summed E-state index contributed by atoms with van der Waals surface area (Å²) in [5, 5.41) is 14.9. The van der Waals surface area contributed by atoms with Crippen LogP contribution in [0.4, 0.5) is 5.13 Å². The van der Waals surface area contributed by atoms with Crippen LogP contribution < -0.4 is 10.7 Å². The molecular formula is C13H15N5O3S. The molecule has 0 bridgehead atoms. The summed E-state index contributed by atoms with van der Waals surface area (Å²) in [5.41, 5.74) is 2.36. The van der Waals surface area contributed by atoms with Crippen molar-refractivity contribution in [2.45, 2.75) is 26.2 Å². The van der Waals surface area contributed by atoms with Crippen LogP contribution in [0.1, 0.15) is 30.5 Å². The second kappa shape index (κ2) is 8.03. The molecule has 0 atom stereocenters. The highest BCUT2D eigenvalue weighted by molar-refractivity contribution is 7.15. The molecule has 2 amide bonds.